The maximum atomic E-state index is 14.4. The lowest BCUT2D eigenvalue weighted by Gasteiger charge is -2.41. The Morgan fingerprint density at radius 3 is 2.42 bits per heavy atom. The topological polar surface area (TPSA) is 90.7 Å². The van der Waals surface area contributed by atoms with E-state index < -0.39 is 23.2 Å². The van der Waals surface area contributed by atoms with Crippen LogP contribution in [0.4, 0.5) is 31.8 Å². The number of carbonyl (C=O) groups is 1. The summed E-state index contributed by atoms with van der Waals surface area (Å²) in [4.78, 5) is 33.0. The molecule has 2 aliphatic heterocycles. The number of amides is 1. The fourth-order valence-corrected chi connectivity index (χ4v) is 8.00. The van der Waals surface area contributed by atoms with Gasteiger partial charge in [0, 0.05) is 54.0 Å². The molecule has 3 aromatic carbocycles. The molecule has 2 aliphatic rings. The molecule has 3 aromatic heterocycles. The number of likely N-dealkylation sites (tertiary alicyclic amines) is 1. The molecule has 0 unspecified atom stereocenters. The Morgan fingerprint density at radius 1 is 0.855 bits per heavy atom. The van der Waals surface area contributed by atoms with Crippen LogP contribution in [0.1, 0.15) is 61.9 Å². The Bertz CT molecular complexity index is 2290. The van der Waals surface area contributed by atoms with Gasteiger partial charge in [-0.1, -0.05) is 44.5 Å². The van der Waals surface area contributed by atoms with E-state index >= 15 is 0 Å². The summed E-state index contributed by atoms with van der Waals surface area (Å²) in [6.45, 7) is 9.11. The van der Waals surface area contributed by atoms with Gasteiger partial charge in [0.05, 0.1) is 17.1 Å². The summed E-state index contributed by atoms with van der Waals surface area (Å²) in [6.07, 6.45) is 11.0. The van der Waals surface area contributed by atoms with Gasteiger partial charge in [0.25, 0.3) is 5.91 Å². The normalized spacial score (nSPS) is 15.5. The fraction of sp³-hybridized carbons (Fsp3) is 0.318. The number of carbonyl (C=O) groups excluding carboxylic acids is 1. The standard InChI is InChI=1S/C44H46F2N8O/c1-29(2)26-32-28-34(53-24-18-33(19-25-53)52-21-5-3-6-22-52)15-16-37(32)48-44-47-20-17-38(49-44)42-40(50-39-14-4-7-23-54(39)42)30-10-8-11-31(27-30)43(55)51-41-35(45)12-9-13-36(41)46/h4,7-17,20,23,27-29,33H,3,5-6,18-19,21-22,24-26H2,1-2H3,(H,51,55)(H,47,48,49). The summed E-state index contributed by atoms with van der Waals surface area (Å²) < 4.78 is 30.7. The molecule has 6 aromatic rings. The molecule has 0 saturated carbocycles. The first kappa shape index (κ1) is 36.3. The van der Waals surface area contributed by atoms with Gasteiger partial charge < -0.3 is 20.4 Å². The maximum Gasteiger partial charge on any atom is 0.255 e. The van der Waals surface area contributed by atoms with Crippen LogP contribution >= 0.6 is 0 Å². The number of piperidine rings is 2. The number of imidazole rings is 1. The largest absolute Gasteiger partial charge is 0.371 e. The Morgan fingerprint density at radius 2 is 1.64 bits per heavy atom. The van der Waals surface area contributed by atoms with Gasteiger partial charge in [-0.05, 0) is 117 Å². The third kappa shape index (κ3) is 7.93. The number of hydrogen-bond acceptors (Lipinski definition) is 7. The Balaban J connectivity index is 1.07. The van der Waals surface area contributed by atoms with Crippen LogP contribution in [-0.2, 0) is 6.42 Å². The summed E-state index contributed by atoms with van der Waals surface area (Å²) in [7, 11) is 0. The monoisotopic (exact) mass is 740 g/mol. The summed E-state index contributed by atoms with van der Waals surface area (Å²) in [5.41, 5.74) is 6.46. The zero-order valence-electron chi connectivity index (χ0n) is 31.3. The van der Waals surface area contributed by atoms with E-state index in [0.29, 0.717) is 46.2 Å². The zero-order valence-corrected chi connectivity index (χ0v) is 31.3. The molecule has 55 heavy (non-hydrogen) atoms. The van der Waals surface area contributed by atoms with Crippen LogP contribution in [0.25, 0.3) is 28.3 Å². The van der Waals surface area contributed by atoms with Gasteiger partial charge >= 0.3 is 0 Å². The van der Waals surface area contributed by atoms with E-state index in [4.69, 9.17) is 9.97 Å². The number of rotatable bonds is 10. The van der Waals surface area contributed by atoms with Crippen molar-refractivity contribution >= 4 is 34.6 Å². The molecule has 0 aliphatic carbocycles. The average Bonchev–Trinajstić information content (AvgIpc) is 3.60. The van der Waals surface area contributed by atoms with Gasteiger partial charge in [-0.2, -0.15) is 0 Å². The number of benzene rings is 3. The van der Waals surface area contributed by atoms with Crippen LogP contribution in [0, 0.1) is 17.6 Å². The molecular weight excluding hydrogens is 695 g/mol. The first-order chi connectivity index (χ1) is 26.8. The molecule has 8 rings (SSSR count). The van der Waals surface area contributed by atoms with E-state index in [1.165, 1.54) is 62.5 Å². The number of hydrogen-bond donors (Lipinski definition) is 2. The summed E-state index contributed by atoms with van der Waals surface area (Å²) in [5.74, 6) is -1.44. The number of nitrogens with zero attached hydrogens (tertiary/aromatic N) is 6. The van der Waals surface area contributed by atoms with Crippen molar-refractivity contribution in [2.24, 2.45) is 5.92 Å². The Kier molecular flexibility index (Phi) is 10.5. The zero-order chi connectivity index (χ0) is 37.9. The quantitative estimate of drug-likeness (QED) is 0.145. The first-order valence-electron chi connectivity index (χ1n) is 19.4. The minimum atomic E-state index is -0.851. The van der Waals surface area contributed by atoms with Crippen LogP contribution < -0.4 is 15.5 Å². The van der Waals surface area contributed by atoms with E-state index in [1.54, 1.807) is 24.4 Å². The molecule has 11 heteroatoms. The Hall–Kier alpha value is -5.68. The molecule has 0 spiro atoms. The molecule has 5 heterocycles. The van der Waals surface area contributed by atoms with Crippen LogP contribution in [0.3, 0.4) is 0 Å². The highest BCUT2D eigenvalue weighted by molar-refractivity contribution is 6.05. The van der Waals surface area contributed by atoms with Crippen molar-refractivity contribution in [1.82, 2.24) is 24.3 Å². The lowest BCUT2D eigenvalue weighted by molar-refractivity contribution is 0.102. The molecule has 2 saturated heterocycles. The predicted octanol–water partition coefficient (Wildman–Crippen LogP) is 9.39. The fourth-order valence-electron chi connectivity index (χ4n) is 8.00. The highest BCUT2D eigenvalue weighted by atomic mass is 19.1. The van der Waals surface area contributed by atoms with Crippen LogP contribution in [0.15, 0.2) is 97.3 Å². The molecule has 2 N–H and O–H groups in total. The predicted molar refractivity (Wildman–Crippen MR) is 215 cm³/mol. The van der Waals surface area contributed by atoms with Gasteiger partial charge in [-0.25, -0.2) is 23.7 Å². The van der Waals surface area contributed by atoms with Gasteiger partial charge in [0.15, 0.2) is 0 Å². The molecular formula is C44H46F2N8O. The highest BCUT2D eigenvalue weighted by Gasteiger charge is 2.26. The molecule has 0 radical (unpaired) electrons. The SMILES string of the molecule is CC(C)Cc1cc(N2CCC(N3CCCCC3)CC2)ccc1Nc1nccc(-c2c(-c3cccc(C(=O)Nc4c(F)cccc4F)c3)nc3ccccn23)n1. The second-order valence-electron chi connectivity index (χ2n) is 15.0. The van der Waals surface area contributed by atoms with E-state index in [9.17, 15) is 13.6 Å². The third-order valence-electron chi connectivity index (χ3n) is 10.7. The number of anilines is 4. The van der Waals surface area contributed by atoms with Gasteiger partial charge in [0.2, 0.25) is 5.95 Å². The minimum absolute atomic E-state index is 0.223. The number of fused-ring (bicyclic) bond motifs is 1. The van der Waals surface area contributed by atoms with Gasteiger partial charge in [-0.15, -0.1) is 0 Å². The molecule has 9 nitrogen and oxygen atoms in total. The highest BCUT2D eigenvalue weighted by Crippen LogP contribution is 2.34. The molecule has 1 amide bonds. The van der Waals surface area contributed by atoms with Crippen molar-refractivity contribution in [2.75, 3.05) is 41.7 Å². The number of halogens is 2. The van der Waals surface area contributed by atoms with Crippen molar-refractivity contribution in [2.45, 2.75) is 58.4 Å². The molecule has 0 atom stereocenters. The van der Waals surface area contributed by atoms with Crippen molar-refractivity contribution in [1.29, 1.82) is 0 Å². The van der Waals surface area contributed by atoms with E-state index in [1.807, 2.05) is 40.9 Å². The lowest BCUT2D eigenvalue weighted by atomic mass is 9.97. The average molecular weight is 741 g/mol. The maximum absolute atomic E-state index is 14.4. The summed E-state index contributed by atoms with van der Waals surface area (Å²) in [6, 6.07) is 25.3. The molecule has 0 bridgehead atoms. The number of para-hydroxylation sites is 1. The number of pyridine rings is 1. The van der Waals surface area contributed by atoms with E-state index in [2.05, 4.69) is 57.5 Å². The van der Waals surface area contributed by atoms with E-state index in [-0.39, 0.29) is 5.56 Å². The van der Waals surface area contributed by atoms with Crippen LogP contribution in [0.2, 0.25) is 0 Å². The Labute approximate surface area is 320 Å². The first-order valence-corrected chi connectivity index (χ1v) is 19.4. The summed E-state index contributed by atoms with van der Waals surface area (Å²) >= 11 is 0. The number of aromatic nitrogens is 4. The van der Waals surface area contributed by atoms with Gasteiger partial charge in [0.1, 0.15) is 23.0 Å². The van der Waals surface area contributed by atoms with E-state index in [0.717, 1.165) is 37.3 Å². The van der Waals surface area contributed by atoms with Crippen LogP contribution in [-0.4, -0.2) is 62.4 Å². The minimum Gasteiger partial charge on any atom is -0.371 e. The second-order valence-corrected chi connectivity index (χ2v) is 15.0. The second kappa shape index (κ2) is 16.0. The molecule has 282 valence electrons. The summed E-state index contributed by atoms with van der Waals surface area (Å²) in [5, 5.41) is 5.91. The van der Waals surface area contributed by atoms with Crippen LogP contribution in [0.5, 0.6) is 0 Å². The van der Waals surface area contributed by atoms with Crippen molar-refractivity contribution in [3.8, 4) is 22.6 Å². The van der Waals surface area contributed by atoms with Crippen molar-refractivity contribution in [3.05, 3.63) is 120 Å². The van der Waals surface area contributed by atoms with Crippen molar-refractivity contribution in [3.63, 3.8) is 0 Å². The van der Waals surface area contributed by atoms with Crippen molar-refractivity contribution < 1.29 is 13.6 Å². The molecule has 2 fully saturated rings. The third-order valence-corrected chi connectivity index (χ3v) is 10.7. The number of nitrogens with one attached hydrogen (secondary N) is 2. The van der Waals surface area contributed by atoms with Gasteiger partial charge in [-0.3, -0.25) is 9.20 Å². The smallest absolute Gasteiger partial charge is 0.255 e. The lowest BCUT2D eigenvalue weighted by Crippen LogP contribution is -2.46.